The number of carbonyl (C=O) groups excluding carboxylic acids is 3. The minimum Gasteiger partial charge on any atom is -0.352 e. The lowest BCUT2D eigenvalue weighted by molar-refractivity contribution is -0.139. The van der Waals surface area contributed by atoms with E-state index in [-0.39, 0.29) is 30.9 Å². The number of nitrogens with one attached hydrogen (secondary N) is 1. The zero-order valence-corrected chi connectivity index (χ0v) is 17.2. The van der Waals surface area contributed by atoms with Crippen LogP contribution in [0.3, 0.4) is 0 Å². The van der Waals surface area contributed by atoms with Gasteiger partial charge in [0, 0.05) is 12.2 Å². The molecule has 2 aromatic carbocycles. The Labute approximate surface area is 176 Å². The van der Waals surface area contributed by atoms with Crippen LogP contribution >= 0.6 is 0 Å². The van der Waals surface area contributed by atoms with Crippen LogP contribution in [-0.4, -0.2) is 48.4 Å². The molecule has 158 valence electrons. The highest BCUT2D eigenvalue weighted by Crippen LogP contribution is 2.27. The summed E-state index contributed by atoms with van der Waals surface area (Å²) in [4.78, 5) is 39.8. The predicted octanol–water partition coefficient (Wildman–Crippen LogP) is 2.76. The molecule has 1 aliphatic rings. The van der Waals surface area contributed by atoms with E-state index in [1.54, 1.807) is 9.80 Å². The lowest BCUT2D eigenvalue weighted by atomic mass is 10.0. The van der Waals surface area contributed by atoms with Crippen molar-refractivity contribution < 1.29 is 14.4 Å². The molecule has 1 fully saturated rings. The van der Waals surface area contributed by atoms with Crippen molar-refractivity contribution in [3.63, 3.8) is 0 Å². The molecule has 1 heterocycles. The fourth-order valence-corrected chi connectivity index (χ4v) is 3.75. The van der Waals surface area contributed by atoms with Crippen LogP contribution in [0.25, 0.3) is 11.1 Å². The summed E-state index contributed by atoms with van der Waals surface area (Å²) in [5.74, 6) is -0.429. The van der Waals surface area contributed by atoms with Crippen LogP contribution in [0.1, 0.15) is 26.2 Å². The number of nitrogens with two attached hydrogens (primary N) is 1. The van der Waals surface area contributed by atoms with Gasteiger partial charge in [-0.05, 0) is 29.7 Å². The van der Waals surface area contributed by atoms with Crippen molar-refractivity contribution in [2.24, 2.45) is 5.73 Å². The Morgan fingerprint density at radius 1 is 1.10 bits per heavy atom. The van der Waals surface area contributed by atoms with Crippen LogP contribution in [0.5, 0.6) is 0 Å². The van der Waals surface area contributed by atoms with Crippen LogP contribution in [0.15, 0.2) is 54.6 Å². The zero-order valence-electron chi connectivity index (χ0n) is 17.2. The van der Waals surface area contributed by atoms with E-state index in [9.17, 15) is 14.4 Å². The topological polar surface area (TPSA) is 95.7 Å². The predicted molar refractivity (Wildman–Crippen MR) is 117 cm³/mol. The van der Waals surface area contributed by atoms with E-state index in [1.807, 2.05) is 54.6 Å². The first-order valence-corrected chi connectivity index (χ1v) is 10.3. The van der Waals surface area contributed by atoms with Crippen LogP contribution in [0, 0.1) is 0 Å². The van der Waals surface area contributed by atoms with Crippen molar-refractivity contribution in [1.82, 2.24) is 10.2 Å². The average molecular weight is 409 g/mol. The number of benzene rings is 2. The first-order chi connectivity index (χ1) is 14.5. The Kier molecular flexibility index (Phi) is 7.06. The standard InChI is InChI=1S/C23H28N4O3/c1-2-3-11-20-15-26(22(29)16-27(20)21(28)14-25-23(24)30)19-12-7-10-18(13-19)17-8-5-4-6-9-17/h4-10,12-13,20H,2-3,11,14-16H2,1H3,(H3,24,25,30)/t20-/m1/s1. The monoisotopic (exact) mass is 408 g/mol. The largest absolute Gasteiger partial charge is 0.352 e. The van der Waals surface area contributed by atoms with Crippen molar-refractivity contribution in [2.45, 2.75) is 32.2 Å². The second kappa shape index (κ2) is 9.91. The average Bonchev–Trinajstić information content (AvgIpc) is 2.77. The molecule has 0 aliphatic carbocycles. The molecule has 1 aliphatic heterocycles. The fourth-order valence-electron chi connectivity index (χ4n) is 3.75. The van der Waals surface area contributed by atoms with Gasteiger partial charge in [-0.2, -0.15) is 0 Å². The second-order valence-electron chi connectivity index (χ2n) is 7.46. The van der Waals surface area contributed by atoms with Gasteiger partial charge in [-0.1, -0.05) is 62.2 Å². The Bertz CT molecular complexity index is 900. The number of nitrogens with zero attached hydrogens (tertiary/aromatic N) is 2. The molecule has 7 nitrogen and oxygen atoms in total. The van der Waals surface area contributed by atoms with Gasteiger partial charge in [0.1, 0.15) is 6.54 Å². The molecule has 7 heteroatoms. The Morgan fingerprint density at radius 2 is 1.83 bits per heavy atom. The van der Waals surface area contributed by atoms with Gasteiger partial charge in [0.25, 0.3) is 0 Å². The summed E-state index contributed by atoms with van der Waals surface area (Å²) in [5.41, 5.74) is 8.02. The molecule has 0 radical (unpaired) electrons. The molecule has 0 unspecified atom stereocenters. The number of urea groups is 1. The number of hydrogen-bond acceptors (Lipinski definition) is 3. The number of carbonyl (C=O) groups is 3. The maximum Gasteiger partial charge on any atom is 0.312 e. The maximum atomic E-state index is 12.9. The summed E-state index contributed by atoms with van der Waals surface area (Å²) in [6, 6.07) is 17.0. The van der Waals surface area contributed by atoms with E-state index in [0.29, 0.717) is 6.54 Å². The molecule has 30 heavy (non-hydrogen) atoms. The van der Waals surface area contributed by atoms with E-state index in [2.05, 4.69) is 12.2 Å². The van der Waals surface area contributed by atoms with Gasteiger partial charge in [-0.25, -0.2) is 4.79 Å². The summed E-state index contributed by atoms with van der Waals surface area (Å²) in [7, 11) is 0. The third-order valence-electron chi connectivity index (χ3n) is 5.33. The Hall–Kier alpha value is -3.35. The highest BCUT2D eigenvalue weighted by Gasteiger charge is 2.35. The molecule has 0 saturated carbocycles. The van der Waals surface area contributed by atoms with E-state index in [0.717, 1.165) is 36.1 Å². The van der Waals surface area contributed by atoms with Crippen molar-refractivity contribution in [2.75, 3.05) is 24.5 Å². The van der Waals surface area contributed by atoms with Crippen molar-refractivity contribution in [3.8, 4) is 11.1 Å². The van der Waals surface area contributed by atoms with Gasteiger partial charge < -0.3 is 20.9 Å². The first-order valence-electron chi connectivity index (χ1n) is 10.3. The molecule has 2 aromatic rings. The van der Waals surface area contributed by atoms with Crippen LogP contribution < -0.4 is 16.0 Å². The van der Waals surface area contributed by atoms with Gasteiger partial charge in [0.2, 0.25) is 11.8 Å². The van der Waals surface area contributed by atoms with Crippen molar-refractivity contribution in [3.05, 3.63) is 54.6 Å². The van der Waals surface area contributed by atoms with Gasteiger partial charge in [0.05, 0.1) is 12.6 Å². The van der Waals surface area contributed by atoms with Crippen molar-refractivity contribution in [1.29, 1.82) is 0 Å². The van der Waals surface area contributed by atoms with E-state index in [1.165, 1.54) is 0 Å². The van der Waals surface area contributed by atoms with Gasteiger partial charge in [-0.3, -0.25) is 9.59 Å². The minimum atomic E-state index is -0.754. The third-order valence-corrected chi connectivity index (χ3v) is 5.33. The summed E-state index contributed by atoms with van der Waals surface area (Å²) < 4.78 is 0. The highest BCUT2D eigenvalue weighted by atomic mass is 16.2. The molecule has 1 saturated heterocycles. The normalized spacial score (nSPS) is 16.4. The van der Waals surface area contributed by atoms with Crippen molar-refractivity contribution >= 4 is 23.5 Å². The van der Waals surface area contributed by atoms with E-state index < -0.39 is 6.03 Å². The van der Waals surface area contributed by atoms with Crippen LogP contribution in [-0.2, 0) is 9.59 Å². The number of piperazine rings is 1. The lowest BCUT2D eigenvalue weighted by Crippen LogP contribution is -2.59. The molecule has 0 spiro atoms. The SMILES string of the molecule is CCCC[C@@H]1CN(c2cccc(-c3ccccc3)c2)C(=O)CN1C(=O)CNC(N)=O. The summed E-state index contributed by atoms with van der Waals surface area (Å²) >= 11 is 0. The minimum absolute atomic E-state index is 0.0107. The van der Waals surface area contributed by atoms with E-state index in [4.69, 9.17) is 5.73 Å². The van der Waals surface area contributed by atoms with Crippen LogP contribution in [0.2, 0.25) is 0 Å². The molecule has 0 aromatic heterocycles. The van der Waals surface area contributed by atoms with E-state index >= 15 is 0 Å². The number of primary amides is 1. The number of anilines is 1. The molecule has 3 N–H and O–H groups in total. The summed E-state index contributed by atoms with van der Waals surface area (Å²) in [5, 5.41) is 2.33. The fraction of sp³-hybridized carbons (Fsp3) is 0.348. The highest BCUT2D eigenvalue weighted by molar-refractivity contribution is 5.99. The van der Waals surface area contributed by atoms with Crippen LogP contribution in [0.4, 0.5) is 10.5 Å². The first kappa shape index (κ1) is 21.4. The smallest absolute Gasteiger partial charge is 0.312 e. The quantitative estimate of drug-likeness (QED) is 0.737. The summed E-state index contributed by atoms with van der Waals surface area (Å²) in [6.45, 7) is 2.31. The maximum absolute atomic E-state index is 12.9. The van der Waals surface area contributed by atoms with Gasteiger partial charge >= 0.3 is 6.03 Å². The molecule has 1 atom stereocenters. The van der Waals surface area contributed by atoms with Gasteiger partial charge in [0.15, 0.2) is 0 Å². The second-order valence-corrected chi connectivity index (χ2v) is 7.46. The van der Waals surface area contributed by atoms with Gasteiger partial charge in [-0.15, -0.1) is 0 Å². The third kappa shape index (κ3) is 5.17. The molecular weight excluding hydrogens is 380 g/mol. The zero-order chi connectivity index (χ0) is 21.5. The number of hydrogen-bond donors (Lipinski definition) is 2. The Morgan fingerprint density at radius 3 is 2.53 bits per heavy atom. The summed E-state index contributed by atoms with van der Waals surface area (Å²) in [6.07, 6.45) is 2.74. The lowest BCUT2D eigenvalue weighted by Gasteiger charge is -2.41. The molecular formula is C23H28N4O3. The number of rotatable bonds is 7. The number of amides is 4. The Balaban J connectivity index is 1.81. The molecule has 3 rings (SSSR count). The molecule has 0 bridgehead atoms. The number of unbranched alkanes of at least 4 members (excludes halogenated alkanes) is 1. The molecule has 4 amide bonds.